The number of hydrogen-bond acceptors (Lipinski definition) is 6. The summed E-state index contributed by atoms with van der Waals surface area (Å²) in [7, 11) is 1.55. The largest absolute Gasteiger partial charge is 0.493 e. The van der Waals surface area contributed by atoms with Gasteiger partial charge in [0.05, 0.1) is 32.7 Å². The van der Waals surface area contributed by atoms with E-state index in [0.717, 1.165) is 0 Å². The van der Waals surface area contributed by atoms with Gasteiger partial charge in [-0.3, -0.25) is 9.59 Å². The molecule has 1 heterocycles. The molecule has 8 heteroatoms. The number of rotatable bonds is 7. The minimum Gasteiger partial charge on any atom is -0.493 e. The lowest BCUT2D eigenvalue weighted by atomic mass is 10.2. The van der Waals surface area contributed by atoms with Gasteiger partial charge in [0.2, 0.25) is 0 Å². The van der Waals surface area contributed by atoms with E-state index in [0.29, 0.717) is 29.4 Å². The maximum absolute atomic E-state index is 11.7. The summed E-state index contributed by atoms with van der Waals surface area (Å²) in [5.41, 5.74) is 2.84. The minimum absolute atomic E-state index is 0.124. The monoisotopic (exact) mass is 345 g/mol. The average Bonchev–Trinajstić information content (AvgIpc) is 3.13. The van der Waals surface area contributed by atoms with Crippen molar-refractivity contribution in [2.45, 2.75) is 13.5 Å². The Balaban J connectivity index is 1.87. The summed E-state index contributed by atoms with van der Waals surface area (Å²) < 4.78 is 15.7. The molecule has 0 aliphatic rings. The Hall–Kier alpha value is -3.29. The van der Waals surface area contributed by atoms with Crippen molar-refractivity contribution in [1.82, 2.24) is 10.7 Å². The summed E-state index contributed by atoms with van der Waals surface area (Å²) >= 11 is 0. The van der Waals surface area contributed by atoms with Crippen LogP contribution in [0.3, 0.4) is 0 Å². The van der Waals surface area contributed by atoms with Gasteiger partial charge in [-0.2, -0.15) is 5.10 Å². The Kier molecular flexibility index (Phi) is 6.58. The first-order valence-corrected chi connectivity index (χ1v) is 7.58. The quantitative estimate of drug-likeness (QED) is 0.449. The zero-order chi connectivity index (χ0) is 18.1. The molecule has 8 nitrogen and oxygen atoms in total. The lowest BCUT2D eigenvalue weighted by Gasteiger charge is -2.09. The summed E-state index contributed by atoms with van der Waals surface area (Å²) in [5, 5.41) is 6.18. The number of hydrogen-bond donors (Lipinski definition) is 2. The molecule has 0 saturated heterocycles. The number of benzene rings is 1. The molecule has 2 aromatic rings. The Morgan fingerprint density at radius 2 is 2.08 bits per heavy atom. The van der Waals surface area contributed by atoms with Gasteiger partial charge >= 0.3 is 11.8 Å². The van der Waals surface area contributed by atoms with E-state index in [1.807, 2.05) is 6.92 Å². The third-order valence-corrected chi connectivity index (χ3v) is 3.08. The van der Waals surface area contributed by atoms with Crippen molar-refractivity contribution in [1.29, 1.82) is 0 Å². The van der Waals surface area contributed by atoms with Crippen LogP contribution in [0.5, 0.6) is 11.5 Å². The number of nitrogens with zero attached hydrogens (tertiary/aromatic N) is 1. The van der Waals surface area contributed by atoms with Gasteiger partial charge in [0.15, 0.2) is 11.5 Å². The summed E-state index contributed by atoms with van der Waals surface area (Å²) in [6.07, 6.45) is 2.89. The fraction of sp³-hybridized carbons (Fsp3) is 0.235. The van der Waals surface area contributed by atoms with Gasteiger partial charge < -0.3 is 19.2 Å². The first-order valence-electron chi connectivity index (χ1n) is 7.58. The molecule has 0 saturated carbocycles. The van der Waals surface area contributed by atoms with E-state index in [1.165, 1.54) is 12.5 Å². The van der Waals surface area contributed by atoms with Gasteiger partial charge in [-0.1, -0.05) is 0 Å². The maximum atomic E-state index is 11.7. The smallest absolute Gasteiger partial charge is 0.329 e. The van der Waals surface area contributed by atoms with Gasteiger partial charge in [0, 0.05) is 0 Å². The standard InChI is InChI=1S/C17H19N3O5/c1-3-24-15-9-12(6-7-14(15)23-2)10-19-20-17(22)16(21)18-11-13-5-4-8-25-13/h4-10H,3,11H2,1-2H3,(H,18,21)(H,20,22)/b19-10-. The van der Waals surface area contributed by atoms with Crippen LogP contribution in [0, 0.1) is 0 Å². The molecule has 25 heavy (non-hydrogen) atoms. The summed E-state index contributed by atoms with van der Waals surface area (Å²) in [5.74, 6) is 0.0304. The molecule has 0 unspecified atom stereocenters. The summed E-state index contributed by atoms with van der Waals surface area (Å²) in [6, 6.07) is 8.57. The van der Waals surface area contributed by atoms with Crippen LogP contribution in [0.4, 0.5) is 0 Å². The van der Waals surface area contributed by atoms with Crippen LogP contribution in [0.1, 0.15) is 18.2 Å². The molecule has 0 fully saturated rings. The van der Waals surface area contributed by atoms with E-state index < -0.39 is 11.8 Å². The van der Waals surface area contributed by atoms with Crippen LogP contribution in [-0.2, 0) is 16.1 Å². The maximum Gasteiger partial charge on any atom is 0.329 e. The third kappa shape index (κ3) is 5.38. The van der Waals surface area contributed by atoms with Crippen LogP contribution >= 0.6 is 0 Å². The van der Waals surface area contributed by atoms with Crippen LogP contribution < -0.4 is 20.2 Å². The van der Waals surface area contributed by atoms with Gasteiger partial charge in [0.1, 0.15) is 5.76 Å². The van der Waals surface area contributed by atoms with Crippen LogP contribution in [-0.4, -0.2) is 31.7 Å². The van der Waals surface area contributed by atoms with E-state index in [9.17, 15) is 9.59 Å². The van der Waals surface area contributed by atoms with Crippen molar-refractivity contribution >= 4 is 18.0 Å². The lowest BCUT2D eigenvalue weighted by Crippen LogP contribution is -2.37. The Morgan fingerprint density at radius 1 is 1.24 bits per heavy atom. The Bertz CT molecular complexity index is 741. The molecule has 132 valence electrons. The minimum atomic E-state index is -0.874. The lowest BCUT2D eigenvalue weighted by molar-refractivity contribution is -0.139. The SMILES string of the molecule is CCOc1cc(/C=N\NC(=O)C(=O)NCc2ccco2)ccc1OC. The zero-order valence-corrected chi connectivity index (χ0v) is 13.9. The third-order valence-electron chi connectivity index (χ3n) is 3.08. The molecule has 0 bridgehead atoms. The predicted molar refractivity (Wildman–Crippen MR) is 90.5 cm³/mol. The zero-order valence-electron chi connectivity index (χ0n) is 13.9. The highest BCUT2D eigenvalue weighted by Gasteiger charge is 2.12. The average molecular weight is 345 g/mol. The fourth-order valence-corrected chi connectivity index (χ4v) is 1.92. The predicted octanol–water partition coefficient (Wildman–Crippen LogP) is 1.45. The van der Waals surface area contributed by atoms with Gasteiger partial charge in [-0.25, -0.2) is 5.43 Å². The first-order chi connectivity index (χ1) is 12.1. The molecule has 0 aliphatic carbocycles. The number of nitrogens with one attached hydrogen (secondary N) is 2. The molecular weight excluding hydrogens is 326 g/mol. The highest BCUT2D eigenvalue weighted by Crippen LogP contribution is 2.27. The van der Waals surface area contributed by atoms with Crippen molar-refractivity contribution in [3.63, 3.8) is 0 Å². The molecule has 0 atom stereocenters. The van der Waals surface area contributed by atoms with E-state index in [1.54, 1.807) is 37.4 Å². The molecule has 2 rings (SSSR count). The van der Waals surface area contributed by atoms with Crippen molar-refractivity contribution < 1.29 is 23.5 Å². The number of furan rings is 1. The second-order valence-corrected chi connectivity index (χ2v) is 4.80. The number of hydrazone groups is 1. The van der Waals surface area contributed by atoms with E-state index in [2.05, 4.69) is 15.8 Å². The van der Waals surface area contributed by atoms with Gasteiger partial charge in [0.25, 0.3) is 0 Å². The van der Waals surface area contributed by atoms with Crippen molar-refractivity contribution in [2.24, 2.45) is 5.10 Å². The molecular formula is C17H19N3O5. The van der Waals surface area contributed by atoms with Gasteiger partial charge in [-0.15, -0.1) is 0 Å². The van der Waals surface area contributed by atoms with Crippen LogP contribution in [0.25, 0.3) is 0 Å². The molecule has 0 spiro atoms. The number of ether oxygens (including phenoxy) is 2. The molecule has 0 aliphatic heterocycles. The summed E-state index contributed by atoms with van der Waals surface area (Å²) in [6.45, 7) is 2.48. The van der Waals surface area contributed by atoms with Crippen molar-refractivity contribution in [2.75, 3.05) is 13.7 Å². The number of carbonyl (C=O) groups excluding carboxylic acids is 2. The Morgan fingerprint density at radius 3 is 2.76 bits per heavy atom. The molecule has 2 N–H and O–H groups in total. The summed E-state index contributed by atoms with van der Waals surface area (Å²) in [4.78, 5) is 23.3. The highest BCUT2D eigenvalue weighted by molar-refractivity contribution is 6.35. The second kappa shape index (κ2) is 9.11. The molecule has 1 aromatic carbocycles. The number of carbonyl (C=O) groups is 2. The van der Waals surface area contributed by atoms with Crippen LogP contribution in [0.2, 0.25) is 0 Å². The number of amides is 2. The fourth-order valence-electron chi connectivity index (χ4n) is 1.92. The van der Waals surface area contributed by atoms with E-state index in [4.69, 9.17) is 13.9 Å². The number of methoxy groups -OCH3 is 1. The van der Waals surface area contributed by atoms with Crippen LogP contribution in [0.15, 0.2) is 46.1 Å². The van der Waals surface area contributed by atoms with Crippen molar-refractivity contribution in [3.05, 3.63) is 47.9 Å². The highest BCUT2D eigenvalue weighted by atomic mass is 16.5. The first kappa shape index (κ1) is 18.1. The van der Waals surface area contributed by atoms with E-state index >= 15 is 0 Å². The van der Waals surface area contributed by atoms with E-state index in [-0.39, 0.29) is 6.54 Å². The second-order valence-electron chi connectivity index (χ2n) is 4.80. The normalized spacial score (nSPS) is 10.5. The molecule has 1 aromatic heterocycles. The molecule has 0 radical (unpaired) electrons. The topological polar surface area (TPSA) is 102 Å². The van der Waals surface area contributed by atoms with Crippen molar-refractivity contribution in [3.8, 4) is 11.5 Å². The Labute approximate surface area is 144 Å². The molecule has 2 amide bonds. The van der Waals surface area contributed by atoms with Gasteiger partial charge in [-0.05, 0) is 42.8 Å².